The van der Waals surface area contributed by atoms with Gasteiger partial charge in [-0.25, -0.2) is 0 Å². The zero-order valence-corrected chi connectivity index (χ0v) is 9.05. The molecule has 0 unspecified atom stereocenters. The van der Waals surface area contributed by atoms with Crippen molar-refractivity contribution in [2.45, 2.75) is 51.0 Å². The zero-order chi connectivity index (χ0) is 10.2. The molecule has 1 fully saturated rings. The number of rotatable bonds is 4. The van der Waals surface area contributed by atoms with Crippen LogP contribution in [0.1, 0.15) is 57.0 Å². The highest BCUT2D eigenvalue weighted by Crippen LogP contribution is 2.44. The molecule has 2 N–H and O–H groups in total. The minimum atomic E-state index is -0.121. The van der Waals surface area contributed by atoms with Gasteiger partial charge in [0.1, 0.15) is 11.5 Å². The summed E-state index contributed by atoms with van der Waals surface area (Å²) in [6.45, 7) is 4.40. The third-order valence-corrected chi connectivity index (χ3v) is 3.29. The van der Waals surface area contributed by atoms with Crippen LogP contribution in [0.5, 0.6) is 0 Å². The molecule has 1 aliphatic rings. The summed E-state index contributed by atoms with van der Waals surface area (Å²) in [6, 6.07) is 4.15. The van der Waals surface area contributed by atoms with E-state index in [9.17, 15) is 0 Å². The molecule has 1 aromatic heterocycles. The first-order valence-corrected chi connectivity index (χ1v) is 5.58. The highest BCUT2D eigenvalue weighted by atomic mass is 16.3. The van der Waals surface area contributed by atoms with Crippen LogP contribution in [-0.2, 0) is 5.54 Å². The maximum atomic E-state index is 6.07. The lowest BCUT2D eigenvalue weighted by molar-refractivity contribution is 0.391. The van der Waals surface area contributed by atoms with Gasteiger partial charge in [0.15, 0.2) is 0 Å². The summed E-state index contributed by atoms with van der Waals surface area (Å²) in [5.74, 6) is 2.66. The fourth-order valence-corrected chi connectivity index (χ4v) is 1.91. The predicted molar refractivity (Wildman–Crippen MR) is 57.1 cm³/mol. The highest BCUT2D eigenvalue weighted by Gasteiger charge is 2.43. The second-order valence-corrected chi connectivity index (χ2v) is 4.37. The summed E-state index contributed by atoms with van der Waals surface area (Å²) in [5, 5.41) is 0. The molecule has 0 aromatic carbocycles. The van der Waals surface area contributed by atoms with Gasteiger partial charge in [0, 0.05) is 5.92 Å². The van der Waals surface area contributed by atoms with Crippen LogP contribution in [0.2, 0.25) is 0 Å². The van der Waals surface area contributed by atoms with Crippen molar-refractivity contribution in [3.05, 3.63) is 23.7 Å². The lowest BCUT2D eigenvalue weighted by atomic mass is 10.0. The Balaban J connectivity index is 2.16. The average molecular weight is 193 g/mol. The number of hydrogen-bond donors (Lipinski definition) is 1. The van der Waals surface area contributed by atoms with Gasteiger partial charge in [-0.15, -0.1) is 0 Å². The molecule has 2 nitrogen and oxygen atoms in total. The predicted octanol–water partition coefficient (Wildman–Crippen LogP) is 3.13. The fourth-order valence-electron chi connectivity index (χ4n) is 1.91. The Hall–Kier alpha value is -0.760. The molecule has 1 heterocycles. The molecule has 2 heteroatoms. The Kier molecular flexibility index (Phi) is 2.40. The Labute approximate surface area is 85.5 Å². The standard InChI is InChI=1S/C12H19NO/c1-3-9(4-2)10-5-6-11(14-10)12(13)7-8-12/h5-6,9H,3-4,7-8,13H2,1-2H3. The smallest absolute Gasteiger partial charge is 0.124 e. The van der Waals surface area contributed by atoms with Crippen LogP contribution in [0.25, 0.3) is 0 Å². The third kappa shape index (κ3) is 1.59. The molecule has 0 spiro atoms. The summed E-state index contributed by atoms with van der Waals surface area (Å²) in [5.41, 5.74) is 5.95. The molecule has 0 saturated heterocycles. The lowest BCUT2D eigenvalue weighted by Crippen LogP contribution is -2.17. The summed E-state index contributed by atoms with van der Waals surface area (Å²) < 4.78 is 5.83. The van der Waals surface area contributed by atoms with E-state index in [0.717, 1.165) is 37.2 Å². The summed E-state index contributed by atoms with van der Waals surface area (Å²) in [4.78, 5) is 0. The third-order valence-electron chi connectivity index (χ3n) is 3.29. The highest BCUT2D eigenvalue weighted by molar-refractivity contribution is 5.23. The molecule has 1 aromatic rings. The van der Waals surface area contributed by atoms with Crippen LogP contribution >= 0.6 is 0 Å². The Morgan fingerprint density at radius 2 is 2.00 bits per heavy atom. The van der Waals surface area contributed by atoms with Crippen LogP contribution in [0, 0.1) is 0 Å². The number of hydrogen-bond acceptors (Lipinski definition) is 2. The quantitative estimate of drug-likeness (QED) is 0.798. The molecule has 1 saturated carbocycles. The largest absolute Gasteiger partial charge is 0.464 e. The van der Waals surface area contributed by atoms with E-state index >= 15 is 0 Å². The monoisotopic (exact) mass is 193 g/mol. The first-order chi connectivity index (χ1) is 6.69. The van der Waals surface area contributed by atoms with E-state index in [1.54, 1.807) is 0 Å². The van der Waals surface area contributed by atoms with E-state index in [-0.39, 0.29) is 5.54 Å². The number of furan rings is 1. The van der Waals surface area contributed by atoms with Crippen LogP contribution < -0.4 is 5.73 Å². The van der Waals surface area contributed by atoms with E-state index in [0.29, 0.717) is 5.92 Å². The van der Waals surface area contributed by atoms with E-state index in [4.69, 9.17) is 10.2 Å². The number of nitrogens with two attached hydrogens (primary N) is 1. The second-order valence-electron chi connectivity index (χ2n) is 4.37. The van der Waals surface area contributed by atoms with E-state index < -0.39 is 0 Å². The first kappa shape index (κ1) is 9.78. The summed E-state index contributed by atoms with van der Waals surface area (Å²) >= 11 is 0. The van der Waals surface area contributed by atoms with Gasteiger partial charge in [-0.1, -0.05) is 13.8 Å². The van der Waals surface area contributed by atoms with Gasteiger partial charge in [-0.05, 0) is 37.8 Å². The van der Waals surface area contributed by atoms with Crippen molar-refractivity contribution < 1.29 is 4.42 Å². The van der Waals surface area contributed by atoms with Gasteiger partial charge in [0.2, 0.25) is 0 Å². The normalized spacial score (nSPS) is 18.9. The molecular formula is C12H19NO. The fraction of sp³-hybridized carbons (Fsp3) is 0.667. The molecule has 1 aliphatic carbocycles. The van der Waals surface area contributed by atoms with Gasteiger partial charge < -0.3 is 10.2 Å². The van der Waals surface area contributed by atoms with Crippen molar-refractivity contribution in [2.24, 2.45) is 5.73 Å². The minimum absolute atomic E-state index is 0.121. The van der Waals surface area contributed by atoms with Crippen LogP contribution in [0.4, 0.5) is 0 Å². The van der Waals surface area contributed by atoms with Gasteiger partial charge in [-0.3, -0.25) is 0 Å². The summed E-state index contributed by atoms with van der Waals surface area (Å²) in [7, 11) is 0. The topological polar surface area (TPSA) is 39.2 Å². The lowest BCUT2D eigenvalue weighted by Gasteiger charge is -2.09. The molecule has 2 rings (SSSR count). The molecular weight excluding hydrogens is 174 g/mol. The van der Waals surface area contributed by atoms with Crippen molar-refractivity contribution in [1.82, 2.24) is 0 Å². The average Bonchev–Trinajstić information content (AvgIpc) is 2.76. The van der Waals surface area contributed by atoms with Crippen LogP contribution in [0.15, 0.2) is 16.5 Å². The summed E-state index contributed by atoms with van der Waals surface area (Å²) in [6.07, 6.45) is 4.42. The molecule has 0 amide bonds. The zero-order valence-electron chi connectivity index (χ0n) is 9.05. The molecule has 0 bridgehead atoms. The molecule has 14 heavy (non-hydrogen) atoms. The minimum Gasteiger partial charge on any atom is -0.464 e. The van der Waals surface area contributed by atoms with Gasteiger partial charge in [-0.2, -0.15) is 0 Å². The van der Waals surface area contributed by atoms with Crippen molar-refractivity contribution in [1.29, 1.82) is 0 Å². The molecule has 78 valence electrons. The maximum absolute atomic E-state index is 6.07. The SMILES string of the molecule is CCC(CC)c1ccc(C2(N)CC2)o1. The van der Waals surface area contributed by atoms with Crippen molar-refractivity contribution in [3.8, 4) is 0 Å². The molecule has 0 atom stereocenters. The molecule has 0 radical (unpaired) electrons. The Bertz CT molecular complexity index is 308. The van der Waals surface area contributed by atoms with E-state index in [2.05, 4.69) is 26.0 Å². The van der Waals surface area contributed by atoms with Gasteiger partial charge in [0.25, 0.3) is 0 Å². The van der Waals surface area contributed by atoms with Crippen molar-refractivity contribution >= 4 is 0 Å². The van der Waals surface area contributed by atoms with Crippen molar-refractivity contribution in [3.63, 3.8) is 0 Å². The maximum Gasteiger partial charge on any atom is 0.124 e. The van der Waals surface area contributed by atoms with Gasteiger partial charge in [0.05, 0.1) is 5.54 Å². The van der Waals surface area contributed by atoms with E-state index in [1.165, 1.54) is 0 Å². The van der Waals surface area contributed by atoms with Crippen molar-refractivity contribution in [2.75, 3.05) is 0 Å². The van der Waals surface area contributed by atoms with Crippen LogP contribution in [-0.4, -0.2) is 0 Å². The van der Waals surface area contributed by atoms with Crippen LogP contribution in [0.3, 0.4) is 0 Å². The first-order valence-electron chi connectivity index (χ1n) is 5.58. The van der Waals surface area contributed by atoms with E-state index in [1.807, 2.05) is 0 Å². The second kappa shape index (κ2) is 3.43. The van der Waals surface area contributed by atoms with Gasteiger partial charge >= 0.3 is 0 Å². The Morgan fingerprint density at radius 1 is 1.36 bits per heavy atom. The Morgan fingerprint density at radius 3 is 2.50 bits per heavy atom. The molecule has 0 aliphatic heterocycles.